The Morgan fingerprint density at radius 1 is 1.19 bits per heavy atom. The van der Waals surface area contributed by atoms with Gasteiger partial charge in [-0.05, 0) is 25.7 Å². The first-order chi connectivity index (χ1) is 9.46. The molecule has 0 aliphatic rings. The van der Waals surface area contributed by atoms with Gasteiger partial charge >= 0.3 is 5.97 Å². The normalized spacial score (nSPS) is 13.8. The van der Waals surface area contributed by atoms with Gasteiger partial charge in [-0.2, -0.15) is 0 Å². The summed E-state index contributed by atoms with van der Waals surface area (Å²) in [6, 6.07) is -1.05. The Morgan fingerprint density at radius 2 is 1.67 bits per heavy atom. The lowest BCUT2D eigenvalue weighted by molar-refractivity contribution is -0.140. The van der Waals surface area contributed by atoms with Crippen LogP contribution in [0, 0.1) is 11.8 Å². The molecule has 0 aromatic carbocycles. The molecular weight excluding hydrogens is 272 g/mol. The zero-order chi connectivity index (χ0) is 16.8. The van der Waals surface area contributed by atoms with E-state index in [0.717, 1.165) is 0 Å². The fourth-order valence-electron chi connectivity index (χ4n) is 2.20. The first-order valence-corrected chi connectivity index (χ1v) is 7.37. The number of carbonyl (C=O) groups excluding carboxylic acids is 1. The van der Waals surface area contributed by atoms with Crippen LogP contribution in [-0.2, 0) is 14.3 Å². The van der Waals surface area contributed by atoms with Gasteiger partial charge in [0.2, 0.25) is 5.91 Å². The van der Waals surface area contributed by atoms with E-state index in [1.54, 1.807) is 0 Å². The van der Waals surface area contributed by atoms with Crippen molar-refractivity contribution >= 4 is 11.9 Å². The lowest BCUT2D eigenvalue weighted by atomic mass is 9.96. The highest BCUT2D eigenvalue weighted by Gasteiger charge is 2.28. The highest BCUT2D eigenvalue weighted by atomic mass is 16.5. The minimum Gasteiger partial charge on any atom is -0.481 e. The van der Waals surface area contributed by atoms with Gasteiger partial charge in [0.25, 0.3) is 0 Å². The highest BCUT2D eigenvalue weighted by Crippen LogP contribution is 2.18. The Morgan fingerprint density at radius 3 is 2.05 bits per heavy atom. The number of amides is 1. The van der Waals surface area contributed by atoms with E-state index in [2.05, 4.69) is 33.0 Å². The first kappa shape index (κ1) is 19.9. The second-order valence-corrected chi connectivity index (χ2v) is 6.84. The number of nitrogens with two attached hydrogens (primary N) is 1. The zero-order valence-electron chi connectivity index (χ0n) is 14.0. The molecule has 1 atom stereocenters. The van der Waals surface area contributed by atoms with Crippen molar-refractivity contribution in [1.29, 1.82) is 0 Å². The summed E-state index contributed by atoms with van der Waals surface area (Å²) < 4.78 is 5.92. The third kappa shape index (κ3) is 8.02. The summed E-state index contributed by atoms with van der Waals surface area (Å²) in [6.07, 6.45) is -0.280. The van der Waals surface area contributed by atoms with E-state index >= 15 is 0 Å². The molecule has 0 rings (SSSR count). The predicted octanol–water partition coefficient (Wildman–Crippen LogP) is 1.38. The van der Waals surface area contributed by atoms with E-state index in [1.165, 1.54) is 0 Å². The average Bonchev–Trinajstić information content (AvgIpc) is 2.25. The van der Waals surface area contributed by atoms with Crippen LogP contribution in [0.5, 0.6) is 0 Å². The van der Waals surface area contributed by atoms with Crippen molar-refractivity contribution in [3.63, 3.8) is 0 Å². The molecule has 0 radical (unpaired) electrons. The maximum absolute atomic E-state index is 11.9. The van der Waals surface area contributed by atoms with Gasteiger partial charge in [-0.25, -0.2) is 0 Å². The highest BCUT2D eigenvalue weighted by molar-refractivity contribution is 5.86. The number of rotatable bonds is 9. The van der Waals surface area contributed by atoms with Gasteiger partial charge in [-0.3, -0.25) is 9.59 Å². The molecule has 0 aliphatic carbocycles. The van der Waals surface area contributed by atoms with Crippen LogP contribution < -0.4 is 11.1 Å². The minimum absolute atomic E-state index is 0.105. The van der Waals surface area contributed by atoms with Gasteiger partial charge in [-0.1, -0.05) is 27.7 Å². The van der Waals surface area contributed by atoms with Crippen LogP contribution in [-0.4, -0.2) is 41.3 Å². The minimum atomic E-state index is -1.09. The van der Waals surface area contributed by atoms with Crippen molar-refractivity contribution in [3.05, 3.63) is 0 Å². The third-order valence-corrected chi connectivity index (χ3v) is 3.14. The molecule has 0 aromatic rings. The van der Waals surface area contributed by atoms with Gasteiger partial charge in [-0.15, -0.1) is 0 Å². The molecule has 0 unspecified atom stereocenters. The molecule has 4 N–H and O–H groups in total. The molecule has 0 saturated carbocycles. The van der Waals surface area contributed by atoms with Crippen LogP contribution in [0.3, 0.4) is 0 Å². The second kappa shape index (κ2) is 8.34. The van der Waals surface area contributed by atoms with E-state index in [-0.39, 0.29) is 12.5 Å². The lowest BCUT2D eigenvalue weighted by Crippen LogP contribution is -2.53. The van der Waals surface area contributed by atoms with Crippen molar-refractivity contribution in [2.24, 2.45) is 17.6 Å². The average molecular weight is 302 g/mol. The Labute approximate surface area is 127 Å². The number of carbonyl (C=O) groups is 2. The van der Waals surface area contributed by atoms with E-state index in [9.17, 15) is 9.59 Å². The lowest BCUT2D eigenvalue weighted by Gasteiger charge is -2.32. The summed E-state index contributed by atoms with van der Waals surface area (Å²) in [4.78, 5) is 22.4. The van der Waals surface area contributed by atoms with Crippen molar-refractivity contribution in [3.8, 4) is 0 Å². The number of nitrogens with one attached hydrogen (secondary N) is 1. The molecule has 0 aliphatic heterocycles. The van der Waals surface area contributed by atoms with E-state index in [1.807, 2.05) is 13.8 Å². The number of hydrogen-bond donors (Lipinski definition) is 3. The molecule has 0 fully saturated rings. The predicted molar refractivity (Wildman–Crippen MR) is 81.9 cm³/mol. The molecule has 0 aromatic heterocycles. The Hall–Kier alpha value is -1.14. The van der Waals surface area contributed by atoms with Crippen LogP contribution in [0.2, 0.25) is 0 Å². The maximum Gasteiger partial charge on any atom is 0.305 e. The van der Waals surface area contributed by atoms with E-state index < -0.39 is 23.5 Å². The summed E-state index contributed by atoms with van der Waals surface area (Å²) in [5.41, 5.74) is 4.94. The largest absolute Gasteiger partial charge is 0.481 e. The summed E-state index contributed by atoms with van der Waals surface area (Å²) in [5, 5.41) is 11.4. The molecule has 0 heterocycles. The molecule has 21 heavy (non-hydrogen) atoms. The standard InChI is InChI=1S/C15H30N2O4/c1-9(2)13(10(3)4)21-8-15(5,6)17-14(20)11(16)7-12(18)19/h9-11,13H,7-8,16H2,1-6H3,(H,17,20)(H,18,19)/t11-/m0/s1. The summed E-state index contributed by atoms with van der Waals surface area (Å²) >= 11 is 0. The Bertz CT molecular complexity index is 346. The molecule has 0 bridgehead atoms. The molecule has 0 saturated heterocycles. The number of carboxylic acids is 1. The third-order valence-electron chi connectivity index (χ3n) is 3.14. The zero-order valence-corrected chi connectivity index (χ0v) is 14.0. The van der Waals surface area contributed by atoms with E-state index in [4.69, 9.17) is 15.6 Å². The van der Waals surface area contributed by atoms with Gasteiger partial charge in [0.1, 0.15) is 0 Å². The molecule has 124 valence electrons. The molecule has 1 amide bonds. The van der Waals surface area contributed by atoms with Crippen molar-refractivity contribution in [2.45, 2.75) is 65.6 Å². The maximum atomic E-state index is 11.9. The fourth-order valence-corrected chi connectivity index (χ4v) is 2.20. The van der Waals surface area contributed by atoms with Crippen LogP contribution in [0.25, 0.3) is 0 Å². The van der Waals surface area contributed by atoms with Gasteiger partial charge in [0, 0.05) is 0 Å². The number of ether oxygens (including phenoxy) is 1. The van der Waals surface area contributed by atoms with Crippen LogP contribution in [0.15, 0.2) is 0 Å². The topological polar surface area (TPSA) is 102 Å². The molecule has 6 nitrogen and oxygen atoms in total. The van der Waals surface area contributed by atoms with E-state index in [0.29, 0.717) is 18.4 Å². The van der Waals surface area contributed by atoms with Gasteiger partial charge < -0.3 is 20.9 Å². The van der Waals surface area contributed by atoms with Gasteiger partial charge in [0.15, 0.2) is 0 Å². The molecule has 6 heteroatoms. The monoisotopic (exact) mass is 302 g/mol. The Kier molecular flexibility index (Phi) is 7.89. The van der Waals surface area contributed by atoms with Crippen LogP contribution >= 0.6 is 0 Å². The van der Waals surface area contributed by atoms with Crippen LogP contribution in [0.4, 0.5) is 0 Å². The summed E-state index contributed by atoms with van der Waals surface area (Å²) in [5.74, 6) is -0.806. The summed E-state index contributed by atoms with van der Waals surface area (Å²) in [7, 11) is 0. The second-order valence-electron chi connectivity index (χ2n) is 6.84. The summed E-state index contributed by atoms with van der Waals surface area (Å²) in [6.45, 7) is 12.4. The van der Waals surface area contributed by atoms with Crippen LogP contribution in [0.1, 0.15) is 48.0 Å². The number of hydrogen-bond acceptors (Lipinski definition) is 4. The molecular formula is C15H30N2O4. The Balaban J connectivity index is 4.48. The first-order valence-electron chi connectivity index (χ1n) is 7.37. The smallest absolute Gasteiger partial charge is 0.305 e. The van der Waals surface area contributed by atoms with Crippen molar-refractivity contribution in [1.82, 2.24) is 5.32 Å². The van der Waals surface area contributed by atoms with Crippen molar-refractivity contribution in [2.75, 3.05) is 6.61 Å². The fraction of sp³-hybridized carbons (Fsp3) is 0.867. The SMILES string of the molecule is CC(C)C(OCC(C)(C)NC(=O)[C@@H](N)CC(=O)O)C(C)C. The number of carboxylic acid groups (broad SMARTS) is 1. The van der Waals surface area contributed by atoms with Gasteiger partial charge in [0.05, 0.1) is 30.7 Å². The number of aliphatic carboxylic acids is 1. The van der Waals surface area contributed by atoms with Crippen molar-refractivity contribution < 1.29 is 19.4 Å². The molecule has 0 spiro atoms. The quantitative estimate of drug-likeness (QED) is 0.597.